The highest BCUT2D eigenvalue weighted by molar-refractivity contribution is 9.11. The SMILES string of the molecule is Cc1ccc(C)c(CC(N)c2cc(Br)ccc2Br)c1. The molecule has 1 atom stereocenters. The fraction of sp³-hybridized carbons (Fsp3) is 0.250. The highest BCUT2D eigenvalue weighted by atomic mass is 79.9. The van der Waals surface area contributed by atoms with Crippen LogP contribution < -0.4 is 5.73 Å². The molecule has 100 valence electrons. The minimum Gasteiger partial charge on any atom is -0.324 e. The largest absolute Gasteiger partial charge is 0.324 e. The van der Waals surface area contributed by atoms with E-state index in [0.717, 1.165) is 20.9 Å². The first-order valence-electron chi connectivity index (χ1n) is 6.24. The quantitative estimate of drug-likeness (QED) is 0.787. The van der Waals surface area contributed by atoms with Crippen LogP contribution in [0.2, 0.25) is 0 Å². The molecule has 2 aromatic rings. The molecular weight excluding hydrogens is 366 g/mol. The summed E-state index contributed by atoms with van der Waals surface area (Å²) in [5, 5.41) is 0. The van der Waals surface area contributed by atoms with Crippen LogP contribution >= 0.6 is 31.9 Å². The average Bonchev–Trinajstić information content (AvgIpc) is 2.36. The van der Waals surface area contributed by atoms with Crippen molar-refractivity contribution in [2.24, 2.45) is 5.73 Å². The summed E-state index contributed by atoms with van der Waals surface area (Å²) in [5.74, 6) is 0. The van der Waals surface area contributed by atoms with E-state index < -0.39 is 0 Å². The Kier molecular flexibility index (Phi) is 4.82. The highest BCUT2D eigenvalue weighted by Crippen LogP contribution is 2.28. The van der Waals surface area contributed by atoms with Crippen molar-refractivity contribution in [2.45, 2.75) is 26.3 Å². The number of hydrogen-bond acceptors (Lipinski definition) is 1. The summed E-state index contributed by atoms with van der Waals surface area (Å²) in [4.78, 5) is 0. The van der Waals surface area contributed by atoms with Gasteiger partial charge in [-0.25, -0.2) is 0 Å². The zero-order chi connectivity index (χ0) is 14.0. The number of hydrogen-bond donors (Lipinski definition) is 1. The van der Waals surface area contributed by atoms with Crippen molar-refractivity contribution >= 4 is 31.9 Å². The molecule has 0 aliphatic carbocycles. The number of nitrogens with two attached hydrogens (primary N) is 1. The van der Waals surface area contributed by atoms with Crippen LogP contribution in [0.3, 0.4) is 0 Å². The molecule has 3 heteroatoms. The molecule has 2 aromatic carbocycles. The summed E-state index contributed by atoms with van der Waals surface area (Å²) in [6.45, 7) is 4.25. The molecule has 0 heterocycles. The van der Waals surface area contributed by atoms with Crippen molar-refractivity contribution in [1.82, 2.24) is 0 Å². The van der Waals surface area contributed by atoms with E-state index in [1.54, 1.807) is 0 Å². The third kappa shape index (κ3) is 3.68. The van der Waals surface area contributed by atoms with Crippen LogP contribution in [-0.4, -0.2) is 0 Å². The van der Waals surface area contributed by atoms with E-state index in [-0.39, 0.29) is 6.04 Å². The molecule has 0 radical (unpaired) electrons. The van der Waals surface area contributed by atoms with Crippen LogP contribution in [0.15, 0.2) is 45.3 Å². The lowest BCUT2D eigenvalue weighted by Gasteiger charge is -2.16. The predicted octanol–water partition coefficient (Wildman–Crippen LogP) is 5.07. The second-order valence-electron chi connectivity index (χ2n) is 4.91. The van der Waals surface area contributed by atoms with Gasteiger partial charge in [-0.3, -0.25) is 0 Å². The van der Waals surface area contributed by atoms with Gasteiger partial charge in [-0.1, -0.05) is 55.6 Å². The van der Waals surface area contributed by atoms with Gasteiger partial charge in [0.25, 0.3) is 0 Å². The van der Waals surface area contributed by atoms with Crippen molar-refractivity contribution in [3.05, 3.63) is 67.6 Å². The number of benzene rings is 2. The summed E-state index contributed by atoms with van der Waals surface area (Å²) in [5.41, 5.74) is 11.4. The smallest absolute Gasteiger partial charge is 0.0347 e. The molecule has 0 amide bonds. The van der Waals surface area contributed by atoms with Crippen molar-refractivity contribution in [3.63, 3.8) is 0 Å². The number of halogens is 2. The maximum Gasteiger partial charge on any atom is 0.0347 e. The molecule has 0 saturated carbocycles. The molecule has 2 rings (SSSR count). The van der Waals surface area contributed by atoms with E-state index in [9.17, 15) is 0 Å². The van der Waals surface area contributed by atoms with Crippen molar-refractivity contribution in [2.75, 3.05) is 0 Å². The van der Waals surface area contributed by atoms with Gasteiger partial charge < -0.3 is 5.73 Å². The van der Waals surface area contributed by atoms with Crippen LogP contribution in [0, 0.1) is 13.8 Å². The fourth-order valence-electron chi connectivity index (χ4n) is 2.17. The monoisotopic (exact) mass is 381 g/mol. The minimum atomic E-state index is -0.00706. The first kappa shape index (κ1) is 14.8. The third-order valence-electron chi connectivity index (χ3n) is 3.30. The van der Waals surface area contributed by atoms with Crippen molar-refractivity contribution in [1.29, 1.82) is 0 Å². The van der Waals surface area contributed by atoms with Gasteiger partial charge in [0.15, 0.2) is 0 Å². The fourth-order valence-corrected chi connectivity index (χ4v) is 3.09. The average molecular weight is 383 g/mol. The van der Waals surface area contributed by atoms with Crippen molar-refractivity contribution < 1.29 is 0 Å². The van der Waals surface area contributed by atoms with Gasteiger partial charge >= 0.3 is 0 Å². The lowest BCUT2D eigenvalue weighted by molar-refractivity contribution is 0.714. The summed E-state index contributed by atoms with van der Waals surface area (Å²) in [6, 6.07) is 12.6. The summed E-state index contributed by atoms with van der Waals surface area (Å²) in [7, 11) is 0. The molecule has 1 unspecified atom stereocenters. The van der Waals surface area contributed by atoms with E-state index in [1.807, 2.05) is 12.1 Å². The normalized spacial score (nSPS) is 12.5. The van der Waals surface area contributed by atoms with E-state index in [0.29, 0.717) is 0 Å². The van der Waals surface area contributed by atoms with Gasteiger partial charge in [0.05, 0.1) is 0 Å². The Morgan fingerprint density at radius 3 is 2.53 bits per heavy atom. The second-order valence-corrected chi connectivity index (χ2v) is 6.68. The van der Waals surface area contributed by atoms with Crippen LogP contribution in [-0.2, 0) is 6.42 Å². The maximum absolute atomic E-state index is 6.36. The van der Waals surface area contributed by atoms with E-state index >= 15 is 0 Å². The van der Waals surface area contributed by atoms with Gasteiger partial charge in [0.1, 0.15) is 0 Å². The lowest BCUT2D eigenvalue weighted by Crippen LogP contribution is -2.14. The molecular formula is C16H17Br2N. The second kappa shape index (κ2) is 6.21. The minimum absolute atomic E-state index is 0.00706. The summed E-state index contributed by atoms with van der Waals surface area (Å²) in [6.07, 6.45) is 0.850. The number of aryl methyl sites for hydroxylation is 2. The van der Waals surface area contributed by atoms with Gasteiger partial charge in [-0.2, -0.15) is 0 Å². The van der Waals surface area contributed by atoms with Crippen LogP contribution in [0.25, 0.3) is 0 Å². The maximum atomic E-state index is 6.36. The topological polar surface area (TPSA) is 26.0 Å². The molecule has 0 aliphatic rings. The van der Waals surface area contributed by atoms with E-state index in [1.165, 1.54) is 16.7 Å². The Hall–Kier alpha value is -0.640. The summed E-state index contributed by atoms with van der Waals surface area (Å²) >= 11 is 7.08. The number of rotatable bonds is 3. The Morgan fingerprint density at radius 1 is 1.05 bits per heavy atom. The molecule has 2 N–H and O–H groups in total. The van der Waals surface area contributed by atoms with Gasteiger partial charge in [-0.05, 0) is 55.2 Å². The van der Waals surface area contributed by atoms with E-state index in [4.69, 9.17) is 5.73 Å². The molecule has 0 fully saturated rings. The third-order valence-corrected chi connectivity index (χ3v) is 4.52. The highest BCUT2D eigenvalue weighted by Gasteiger charge is 2.12. The summed E-state index contributed by atoms with van der Waals surface area (Å²) < 4.78 is 2.12. The molecule has 0 aromatic heterocycles. The Morgan fingerprint density at radius 2 is 1.79 bits per heavy atom. The molecule has 0 spiro atoms. The van der Waals surface area contributed by atoms with Gasteiger partial charge in [0, 0.05) is 15.0 Å². The first-order valence-corrected chi connectivity index (χ1v) is 7.82. The molecule has 0 saturated heterocycles. The zero-order valence-corrected chi connectivity index (χ0v) is 14.3. The van der Waals surface area contributed by atoms with Gasteiger partial charge in [0.2, 0.25) is 0 Å². The Bertz CT molecular complexity index is 593. The Balaban J connectivity index is 2.27. The van der Waals surface area contributed by atoms with E-state index in [2.05, 4.69) is 70.0 Å². The van der Waals surface area contributed by atoms with Crippen LogP contribution in [0.5, 0.6) is 0 Å². The lowest BCUT2D eigenvalue weighted by atomic mass is 9.95. The molecule has 1 nitrogen and oxygen atoms in total. The van der Waals surface area contributed by atoms with Gasteiger partial charge in [-0.15, -0.1) is 0 Å². The molecule has 19 heavy (non-hydrogen) atoms. The Labute approximate surface area is 131 Å². The zero-order valence-electron chi connectivity index (χ0n) is 11.1. The van der Waals surface area contributed by atoms with Crippen molar-refractivity contribution in [3.8, 4) is 0 Å². The van der Waals surface area contributed by atoms with Crippen LogP contribution in [0.1, 0.15) is 28.3 Å². The predicted molar refractivity (Wildman–Crippen MR) is 88.4 cm³/mol. The molecule has 0 aliphatic heterocycles. The molecule has 0 bridgehead atoms. The van der Waals surface area contributed by atoms with Crippen LogP contribution in [0.4, 0.5) is 0 Å². The standard InChI is InChI=1S/C16H17Br2N/c1-10-3-4-11(2)12(7-10)8-16(19)14-9-13(17)5-6-15(14)18/h3-7,9,16H,8,19H2,1-2H3. The first-order chi connectivity index (χ1) is 8.97.